The second-order valence-corrected chi connectivity index (χ2v) is 7.07. The molecule has 2 aromatic rings. The van der Waals surface area contributed by atoms with Gasteiger partial charge in [-0.05, 0) is 37.1 Å². The highest BCUT2D eigenvalue weighted by Gasteiger charge is 2.34. The second kappa shape index (κ2) is 5.19. The average molecular weight is 310 g/mol. The Bertz CT molecular complexity index is 746. The number of aryl methyl sites for hydroxylation is 1. The van der Waals surface area contributed by atoms with Gasteiger partial charge in [0.15, 0.2) is 0 Å². The maximum Gasteiger partial charge on any atom is 0.243 e. The van der Waals surface area contributed by atoms with Crippen LogP contribution in [0.2, 0.25) is 0 Å². The quantitative estimate of drug-likeness (QED) is 0.930. The van der Waals surface area contributed by atoms with Gasteiger partial charge in [-0.15, -0.1) is 0 Å². The van der Waals surface area contributed by atoms with Gasteiger partial charge in [0.1, 0.15) is 18.0 Å². The largest absolute Gasteiger partial charge is 0.263 e. The Morgan fingerprint density at radius 2 is 2.24 bits per heavy atom. The topological polar surface area (TPSA) is 79.0 Å². The normalized spacial score (nSPS) is 20.0. The third-order valence-corrected chi connectivity index (χ3v) is 5.60. The molecule has 1 aromatic heterocycles. The first kappa shape index (κ1) is 14.2. The van der Waals surface area contributed by atoms with E-state index < -0.39 is 15.8 Å². The van der Waals surface area contributed by atoms with E-state index >= 15 is 0 Å². The van der Waals surface area contributed by atoms with Crippen LogP contribution in [0.5, 0.6) is 0 Å². The Kier molecular flexibility index (Phi) is 3.50. The molecule has 1 saturated heterocycles. The number of aromatic nitrogens is 3. The van der Waals surface area contributed by atoms with Gasteiger partial charge in [0.25, 0.3) is 0 Å². The van der Waals surface area contributed by atoms with Crippen LogP contribution in [-0.2, 0) is 10.0 Å². The van der Waals surface area contributed by atoms with E-state index in [0.29, 0.717) is 30.9 Å². The van der Waals surface area contributed by atoms with Crippen LogP contribution in [0.3, 0.4) is 0 Å². The number of halogens is 1. The number of H-pyrrole nitrogens is 1. The second-order valence-electron chi connectivity index (χ2n) is 5.13. The SMILES string of the molecule is Cc1cc(S(=O)(=O)N2CCC(c3ncn[nH]3)C2)ccc1F. The predicted octanol–water partition coefficient (Wildman–Crippen LogP) is 1.43. The van der Waals surface area contributed by atoms with Crippen molar-refractivity contribution in [3.8, 4) is 0 Å². The Balaban J connectivity index is 1.84. The van der Waals surface area contributed by atoms with E-state index in [2.05, 4.69) is 15.2 Å². The van der Waals surface area contributed by atoms with Crippen molar-refractivity contribution >= 4 is 10.0 Å². The van der Waals surface area contributed by atoms with Gasteiger partial charge in [0.05, 0.1) is 4.90 Å². The number of sulfonamides is 1. The first-order valence-corrected chi connectivity index (χ1v) is 8.04. The number of nitrogens with zero attached hydrogens (tertiary/aromatic N) is 3. The zero-order chi connectivity index (χ0) is 15.0. The molecule has 1 aliphatic rings. The maximum absolute atomic E-state index is 13.3. The minimum Gasteiger partial charge on any atom is -0.263 e. The van der Waals surface area contributed by atoms with E-state index in [1.165, 1.54) is 28.8 Å². The fourth-order valence-electron chi connectivity index (χ4n) is 2.51. The Morgan fingerprint density at radius 3 is 2.90 bits per heavy atom. The van der Waals surface area contributed by atoms with Crippen molar-refractivity contribution in [1.82, 2.24) is 19.5 Å². The van der Waals surface area contributed by atoms with Crippen LogP contribution < -0.4 is 0 Å². The van der Waals surface area contributed by atoms with E-state index in [4.69, 9.17) is 0 Å². The Labute approximate surface area is 122 Å². The molecule has 1 fully saturated rings. The summed E-state index contributed by atoms with van der Waals surface area (Å²) in [6.45, 7) is 2.33. The number of aromatic amines is 1. The minimum absolute atomic E-state index is 0.0174. The molecule has 0 aliphatic carbocycles. The molecule has 0 saturated carbocycles. The predicted molar refractivity (Wildman–Crippen MR) is 73.6 cm³/mol. The summed E-state index contributed by atoms with van der Waals surface area (Å²) in [5.41, 5.74) is 0.321. The van der Waals surface area contributed by atoms with Crippen LogP contribution in [0.15, 0.2) is 29.4 Å². The number of benzene rings is 1. The summed E-state index contributed by atoms with van der Waals surface area (Å²) in [7, 11) is -3.60. The van der Waals surface area contributed by atoms with Gasteiger partial charge in [-0.25, -0.2) is 17.8 Å². The van der Waals surface area contributed by atoms with Crippen molar-refractivity contribution in [2.24, 2.45) is 0 Å². The smallest absolute Gasteiger partial charge is 0.243 e. The Morgan fingerprint density at radius 1 is 1.43 bits per heavy atom. The highest BCUT2D eigenvalue weighted by Crippen LogP contribution is 2.29. The zero-order valence-corrected chi connectivity index (χ0v) is 12.3. The lowest BCUT2D eigenvalue weighted by atomic mass is 10.1. The van der Waals surface area contributed by atoms with Crippen LogP contribution in [0.25, 0.3) is 0 Å². The number of nitrogens with one attached hydrogen (secondary N) is 1. The van der Waals surface area contributed by atoms with Gasteiger partial charge < -0.3 is 0 Å². The summed E-state index contributed by atoms with van der Waals surface area (Å²) in [5.74, 6) is 0.307. The summed E-state index contributed by atoms with van der Waals surface area (Å²) < 4.78 is 39.8. The lowest BCUT2D eigenvalue weighted by molar-refractivity contribution is 0.471. The molecular formula is C13H15FN4O2S. The fourth-order valence-corrected chi connectivity index (χ4v) is 4.09. The van der Waals surface area contributed by atoms with Crippen molar-refractivity contribution < 1.29 is 12.8 Å². The molecule has 6 nitrogen and oxygen atoms in total. The van der Waals surface area contributed by atoms with Crippen molar-refractivity contribution in [3.05, 3.63) is 41.7 Å². The molecule has 3 rings (SSSR count). The molecule has 1 aromatic carbocycles. The van der Waals surface area contributed by atoms with Crippen LogP contribution in [0.4, 0.5) is 4.39 Å². The molecule has 1 N–H and O–H groups in total. The molecule has 21 heavy (non-hydrogen) atoms. The van der Waals surface area contributed by atoms with Crippen LogP contribution in [0, 0.1) is 12.7 Å². The van der Waals surface area contributed by atoms with Gasteiger partial charge in [0.2, 0.25) is 10.0 Å². The molecule has 0 spiro atoms. The van der Waals surface area contributed by atoms with Gasteiger partial charge >= 0.3 is 0 Å². The molecule has 1 atom stereocenters. The van der Waals surface area contributed by atoms with Crippen molar-refractivity contribution in [3.63, 3.8) is 0 Å². The third kappa shape index (κ3) is 2.56. The molecule has 8 heteroatoms. The highest BCUT2D eigenvalue weighted by atomic mass is 32.2. The summed E-state index contributed by atoms with van der Waals surface area (Å²) in [4.78, 5) is 4.20. The molecule has 0 amide bonds. The zero-order valence-electron chi connectivity index (χ0n) is 11.5. The van der Waals surface area contributed by atoms with Gasteiger partial charge in [0, 0.05) is 19.0 Å². The van der Waals surface area contributed by atoms with Crippen molar-refractivity contribution in [1.29, 1.82) is 0 Å². The molecular weight excluding hydrogens is 295 g/mol. The number of hydrogen-bond acceptors (Lipinski definition) is 4. The van der Waals surface area contributed by atoms with Crippen molar-refractivity contribution in [2.75, 3.05) is 13.1 Å². The van der Waals surface area contributed by atoms with Crippen LogP contribution in [-0.4, -0.2) is 41.0 Å². The standard InChI is InChI=1S/C13H15FN4O2S/c1-9-6-11(2-3-12(9)14)21(19,20)18-5-4-10(7-18)13-15-8-16-17-13/h2-3,6,8,10H,4-5,7H2,1H3,(H,15,16,17). The lowest BCUT2D eigenvalue weighted by Gasteiger charge is -2.16. The van der Waals surface area contributed by atoms with Gasteiger partial charge in [-0.1, -0.05) is 0 Å². The molecule has 2 heterocycles. The van der Waals surface area contributed by atoms with Crippen molar-refractivity contribution in [2.45, 2.75) is 24.2 Å². The average Bonchev–Trinajstić information content (AvgIpc) is 3.11. The van der Waals surface area contributed by atoms with Gasteiger partial charge in [-0.3, -0.25) is 5.10 Å². The first-order chi connectivity index (χ1) is 9.98. The van der Waals surface area contributed by atoms with E-state index in [0.717, 1.165) is 0 Å². The summed E-state index contributed by atoms with van der Waals surface area (Å²) in [6, 6.07) is 3.86. The van der Waals surface area contributed by atoms with Crippen LogP contribution in [0.1, 0.15) is 23.7 Å². The maximum atomic E-state index is 13.3. The fraction of sp³-hybridized carbons (Fsp3) is 0.385. The van der Waals surface area contributed by atoms with Crippen LogP contribution >= 0.6 is 0 Å². The lowest BCUT2D eigenvalue weighted by Crippen LogP contribution is -2.28. The van der Waals surface area contributed by atoms with E-state index in [1.54, 1.807) is 6.92 Å². The van der Waals surface area contributed by atoms with E-state index in [-0.39, 0.29) is 10.8 Å². The molecule has 0 bridgehead atoms. The summed E-state index contributed by atoms with van der Waals surface area (Å²) >= 11 is 0. The molecule has 1 unspecified atom stereocenters. The minimum atomic E-state index is -3.60. The number of hydrogen-bond donors (Lipinski definition) is 1. The van der Waals surface area contributed by atoms with Gasteiger partial charge in [-0.2, -0.15) is 9.40 Å². The molecule has 1 aliphatic heterocycles. The highest BCUT2D eigenvalue weighted by molar-refractivity contribution is 7.89. The molecule has 112 valence electrons. The van der Waals surface area contributed by atoms with E-state index in [9.17, 15) is 12.8 Å². The van der Waals surface area contributed by atoms with E-state index in [1.807, 2.05) is 0 Å². The monoisotopic (exact) mass is 310 g/mol. The first-order valence-electron chi connectivity index (χ1n) is 6.60. The third-order valence-electron chi connectivity index (χ3n) is 3.74. The number of rotatable bonds is 3. The Hall–Kier alpha value is -1.80. The summed E-state index contributed by atoms with van der Waals surface area (Å²) in [6.07, 6.45) is 2.10. The molecule has 0 radical (unpaired) electrons. The summed E-state index contributed by atoms with van der Waals surface area (Å²) in [5, 5.41) is 6.56.